The Balaban J connectivity index is 1.72. The van der Waals surface area contributed by atoms with Crippen LogP contribution >= 0.6 is 0 Å². The van der Waals surface area contributed by atoms with E-state index in [1.807, 2.05) is 0 Å². The first kappa shape index (κ1) is 22.7. The van der Waals surface area contributed by atoms with E-state index >= 15 is 0 Å². The lowest BCUT2D eigenvalue weighted by Gasteiger charge is -2.07. The predicted molar refractivity (Wildman–Crippen MR) is 110 cm³/mol. The first-order chi connectivity index (χ1) is 14.5. The van der Waals surface area contributed by atoms with Gasteiger partial charge in [-0.15, -0.1) is 0 Å². The van der Waals surface area contributed by atoms with Crippen LogP contribution in [0.4, 0.5) is 0 Å². The normalized spacial score (nSPS) is 10.0. The molecule has 0 aliphatic heterocycles. The second-order valence-electron chi connectivity index (χ2n) is 6.25. The van der Waals surface area contributed by atoms with Crippen molar-refractivity contribution >= 4 is 17.9 Å². The van der Waals surface area contributed by atoms with Crippen LogP contribution in [0, 0.1) is 0 Å². The lowest BCUT2D eigenvalue weighted by atomic mass is 10.2. The maximum atomic E-state index is 12.2. The zero-order valence-corrected chi connectivity index (χ0v) is 16.8. The Bertz CT molecular complexity index is 854. The van der Waals surface area contributed by atoms with Gasteiger partial charge in [0, 0.05) is 12.5 Å². The van der Waals surface area contributed by atoms with Crippen LogP contribution in [0.1, 0.15) is 36.0 Å². The molecule has 0 fully saturated rings. The molecule has 0 N–H and O–H groups in total. The highest BCUT2D eigenvalue weighted by molar-refractivity contribution is 5.91. The summed E-state index contributed by atoms with van der Waals surface area (Å²) in [5, 5.41) is 0. The van der Waals surface area contributed by atoms with Crippen molar-refractivity contribution in [2.75, 3.05) is 13.7 Å². The smallest absolute Gasteiger partial charge is 0.343 e. The molecule has 158 valence electrons. The van der Waals surface area contributed by atoms with Crippen LogP contribution in [-0.2, 0) is 14.3 Å². The summed E-state index contributed by atoms with van der Waals surface area (Å²) >= 11 is 0. The molecule has 2 aromatic carbocycles. The molecule has 0 radical (unpaired) electrons. The van der Waals surface area contributed by atoms with E-state index in [4.69, 9.17) is 18.9 Å². The van der Waals surface area contributed by atoms with Gasteiger partial charge in [0.05, 0.1) is 19.3 Å². The Kier molecular flexibility index (Phi) is 9.12. The largest absolute Gasteiger partial charge is 0.497 e. The SMILES string of the molecule is C=CC(=O)OCCCCCC(=O)Oc1ccc(C(=O)Oc2ccc(OC)cc2)cc1. The zero-order chi connectivity index (χ0) is 21.8. The Morgan fingerprint density at radius 2 is 1.43 bits per heavy atom. The van der Waals surface area contributed by atoms with E-state index in [2.05, 4.69) is 6.58 Å². The number of hydrogen-bond donors (Lipinski definition) is 0. The molecule has 0 saturated carbocycles. The van der Waals surface area contributed by atoms with Gasteiger partial charge in [-0.25, -0.2) is 9.59 Å². The maximum Gasteiger partial charge on any atom is 0.343 e. The molecule has 7 heteroatoms. The average molecular weight is 412 g/mol. The van der Waals surface area contributed by atoms with Gasteiger partial charge in [0.1, 0.15) is 17.2 Å². The van der Waals surface area contributed by atoms with Crippen molar-refractivity contribution in [2.24, 2.45) is 0 Å². The first-order valence-electron chi connectivity index (χ1n) is 9.48. The first-order valence-corrected chi connectivity index (χ1v) is 9.48. The van der Waals surface area contributed by atoms with Gasteiger partial charge >= 0.3 is 17.9 Å². The molecule has 0 amide bonds. The summed E-state index contributed by atoms with van der Waals surface area (Å²) in [7, 11) is 1.55. The lowest BCUT2D eigenvalue weighted by Crippen LogP contribution is -2.10. The molecule has 2 rings (SSSR count). The number of rotatable bonds is 11. The van der Waals surface area contributed by atoms with E-state index < -0.39 is 11.9 Å². The van der Waals surface area contributed by atoms with Crippen molar-refractivity contribution in [3.63, 3.8) is 0 Å². The number of carbonyl (C=O) groups excluding carboxylic acids is 3. The van der Waals surface area contributed by atoms with E-state index in [9.17, 15) is 14.4 Å². The molecule has 30 heavy (non-hydrogen) atoms. The van der Waals surface area contributed by atoms with Gasteiger partial charge in [0.25, 0.3) is 0 Å². The third kappa shape index (κ3) is 7.79. The Hall–Kier alpha value is -3.61. The maximum absolute atomic E-state index is 12.2. The highest BCUT2D eigenvalue weighted by Crippen LogP contribution is 2.19. The minimum atomic E-state index is -0.518. The van der Waals surface area contributed by atoms with Crippen molar-refractivity contribution in [1.29, 1.82) is 0 Å². The number of ether oxygens (including phenoxy) is 4. The minimum absolute atomic E-state index is 0.247. The fourth-order valence-electron chi connectivity index (χ4n) is 2.43. The van der Waals surface area contributed by atoms with Gasteiger partial charge < -0.3 is 18.9 Å². The molecule has 0 aliphatic rings. The minimum Gasteiger partial charge on any atom is -0.497 e. The van der Waals surface area contributed by atoms with E-state index in [-0.39, 0.29) is 12.4 Å². The fraction of sp³-hybridized carbons (Fsp3) is 0.261. The summed E-state index contributed by atoms with van der Waals surface area (Å²) in [5.74, 6) is 0.0705. The van der Waals surface area contributed by atoms with E-state index in [0.29, 0.717) is 42.3 Å². The summed E-state index contributed by atoms with van der Waals surface area (Å²) in [6.07, 6.45) is 3.38. The monoisotopic (exact) mass is 412 g/mol. The van der Waals surface area contributed by atoms with E-state index in [1.54, 1.807) is 31.4 Å². The highest BCUT2D eigenvalue weighted by atomic mass is 16.5. The van der Waals surface area contributed by atoms with Crippen LogP contribution in [0.2, 0.25) is 0 Å². The van der Waals surface area contributed by atoms with Crippen LogP contribution in [0.15, 0.2) is 61.2 Å². The molecule has 0 atom stereocenters. The van der Waals surface area contributed by atoms with Gasteiger partial charge in [-0.05, 0) is 67.8 Å². The summed E-state index contributed by atoms with van der Waals surface area (Å²) in [6.45, 7) is 3.61. The lowest BCUT2D eigenvalue weighted by molar-refractivity contribution is -0.138. The number of hydrogen-bond acceptors (Lipinski definition) is 7. The summed E-state index contributed by atoms with van der Waals surface area (Å²) < 4.78 is 20.5. The molecule has 0 aliphatic carbocycles. The molecular weight excluding hydrogens is 388 g/mol. The van der Waals surface area contributed by atoms with Crippen molar-refractivity contribution in [3.05, 3.63) is 66.7 Å². The quantitative estimate of drug-likeness (QED) is 0.237. The van der Waals surface area contributed by atoms with Crippen molar-refractivity contribution in [2.45, 2.75) is 25.7 Å². The Labute approximate surface area is 175 Å². The van der Waals surface area contributed by atoms with Crippen LogP contribution in [0.5, 0.6) is 17.2 Å². The van der Waals surface area contributed by atoms with Crippen LogP contribution in [-0.4, -0.2) is 31.6 Å². The van der Waals surface area contributed by atoms with Gasteiger partial charge in [-0.2, -0.15) is 0 Å². The predicted octanol–water partition coefficient (Wildman–Crippen LogP) is 4.11. The summed E-state index contributed by atoms with van der Waals surface area (Å²) in [5.41, 5.74) is 0.333. The topological polar surface area (TPSA) is 88.1 Å². The molecule has 0 spiro atoms. The van der Waals surface area contributed by atoms with Gasteiger partial charge in [-0.3, -0.25) is 4.79 Å². The second kappa shape index (κ2) is 12.1. The molecule has 0 heterocycles. The average Bonchev–Trinajstić information content (AvgIpc) is 2.76. The number of methoxy groups -OCH3 is 1. The van der Waals surface area contributed by atoms with Crippen molar-refractivity contribution in [3.8, 4) is 17.2 Å². The molecule has 0 saturated heterocycles. The highest BCUT2D eigenvalue weighted by Gasteiger charge is 2.10. The molecule has 7 nitrogen and oxygen atoms in total. The summed E-state index contributed by atoms with van der Waals surface area (Å²) in [6, 6.07) is 12.8. The van der Waals surface area contributed by atoms with Gasteiger partial charge in [0.15, 0.2) is 0 Å². The number of esters is 3. The van der Waals surface area contributed by atoms with E-state index in [1.165, 1.54) is 24.3 Å². The number of unbranched alkanes of at least 4 members (excludes halogenated alkanes) is 2. The second-order valence-corrected chi connectivity index (χ2v) is 6.25. The van der Waals surface area contributed by atoms with Crippen LogP contribution < -0.4 is 14.2 Å². The standard InChI is InChI=1S/C23H24O7/c1-3-21(24)28-16-6-4-5-7-22(25)29-19-10-8-17(9-11-19)23(26)30-20-14-12-18(27-2)13-15-20/h3,8-15H,1,4-7,16H2,2H3. The van der Waals surface area contributed by atoms with Crippen LogP contribution in [0.3, 0.4) is 0 Å². The zero-order valence-electron chi connectivity index (χ0n) is 16.8. The third-order valence-electron chi connectivity index (χ3n) is 4.03. The Morgan fingerprint density at radius 1 is 0.833 bits per heavy atom. The molecular formula is C23H24O7. The van der Waals surface area contributed by atoms with E-state index in [0.717, 1.165) is 12.5 Å². The molecule has 0 bridgehead atoms. The molecule has 2 aromatic rings. The van der Waals surface area contributed by atoms with Gasteiger partial charge in [-0.1, -0.05) is 6.58 Å². The Morgan fingerprint density at radius 3 is 2.07 bits per heavy atom. The van der Waals surface area contributed by atoms with Crippen LogP contribution in [0.25, 0.3) is 0 Å². The molecule has 0 aromatic heterocycles. The number of benzene rings is 2. The molecule has 0 unspecified atom stereocenters. The number of carbonyl (C=O) groups is 3. The van der Waals surface area contributed by atoms with Crippen molar-refractivity contribution in [1.82, 2.24) is 0 Å². The third-order valence-corrected chi connectivity index (χ3v) is 4.03. The van der Waals surface area contributed by atoms with Crippen molar-refractivity contribution < 1.29 is 33.3 Å². The van der Waals surface area contributed by atoms with Gasteiger partial charge in [0.2, 0.25) is 0 Å². The fourth-order valence-corrected chi connectivity index (χ4v) is 2.43. The summed E-state index contributed by atoms with van der Waals surface area (Å²) in [4.78, 5) is 35.0.